The molecule has 0 bridgehead atoms. The molecule has 4 aromatic rings. The fourth-order valence-corrected chi connectivity index (χ4v) is 3.53. The summed E-state index contributed by atoms with van der Waals surface area (Å²) in [7, 11) is 0. The minimum absolute atomic E-state index is 0.327. The topological polar surface area (TPSA) is 75.6 Å². The van der Waals surface area contributed by atoms with Gasteiger partial charge in [-0.3, -0.25) is 14.6 Å². The molecule has 0 aliphatic carbocycles. The van der Waals surface area contributed by atoms with Crippen LogP contribution in [0.2, 0.25) is 15.1 Å². The lowest BCUT2D eigenvalue weighted by Gasteiger charge is -2.07. The molecule has 6 nitrogen and oxygen atoms in total. The summed E-state index contributed by atoms with van der Waals surface area (Å²) in [5, 5.41) is 16.0. The van der Waals surface area contributed by atoms with Crippen molar-refractivity contribution in [2.75, 3.05) is 5.32 Å². The molecule has 152 valence electrons. The smallest absolute Gasteiger partial charge is 0.274 e. The quantitative estimate of drug-likeness (QED) is 0.393. The zero-order valence-electron chi connectivity index (χ0n) is 15.8. The molecule has 0 fully saturated rings. The average Bonchev–Trinajstić information content (AvgIpc) is 3.32. The molecule has 0 aliphatic heterocycles. The Morgan fingerprint density at radius 1 is 1.03 bits per heavy atom. The van der Waals surface area contributed by atoms with E-state index >= 15 is 0 Å². The van der Waals surface area contributed by atoms with Gasteiger partial charge in [0, 0.05) is 32.4 Å². The number of H-pyrrole nitrogens is 1. The number of hydrogen-bond acceptors (Lipinski definition) is 3. The summed E-state index contributed by atoms with van der Waals surface area (Å²) in [6.45, 7) is 2.36. The van der Waals surface area contributed by atoms with Gasteiger partial charge in [0.15, 0.2) is 5.82 Å². The highest BCUT2D eigenvalue weighted by Gasteiger charge is 2.14. The lowest BCUT2D eigenvalue weighted by Crippen LogP contribution is -2.13. The second-order valence-electron chi connectivity index (χ2n) is 6.69. The molecule has 0 atom stereocenters. The number of rotatable bonds is 5. The molecule has 0 saturated heterocycles. The van der Waals surface area contributed by atoms with Gasteiger partial charge in [-0.2, -0.15) is 10.2 Å². The summed E-state index contributed by atoms with van der Waals surface area (Å²) in [6.07, 6.45) is 0. The number of anilines is 1. The second-order valence-corrected chi connectivity index (χ2v) is 7.97. The van der Waals surface area contributed by atoms with Crippen LogP contribution in [0.1, 0.15) is 21.7 Å². The third-order valence-corrected chi connectivity index (χ3v) is 5.36. The number of halogens is 3. The molecule has 2 aromatic carbocycles. The molecular weight excluding hydrogens is 445 g/mol. The van der Waals surface area contributed by atoms with Crippen molar-refractivity contribution < 1.29 is 4.79 Å². The molecule has 2 N–H and O–H groups in total. The van der Waals surface area contributed by atoms with Crippen LogP contribution in [0.4, 0.5) is 5.82 Å². The molecule has 30 heavy (non-hydrogen) atoms. The Kier molecular flexibility index (Phi) is 5.81. The molecule has 0 saturated carbocycles. The first-order chi connectivity index (χ1) is 14.4. The third-order valence-electron chi connectivity index (χ3n) is 4.52. The van der Waals surface area contributed by atoms with Crippen LogP contribution in [0.25, 0.3) is 11.3 Å². The fraction of sp³-hybridized carbons (Fsp3) is 0.0952. The van der Waals surface area contributed by atoms with E-state index in [0.717, 1.165) is 16.8 Å². The highest BCUT2D eigenvalue weighted by molar-refractivity contribution is 6.35. The highest BCUT2D eigenvalue weighted by Crippen LogP contribution is 2.23. The third kappa shape index (κ3) is 4.51. The van der Waals surface area contributed by atoms with Gasteiger partial charge in [0.2, 0.25) is 0 Å². The van der Waals surface area contributed by atoms with Crippen molar-refractivity contribution in [1.82, 2.24) is 20.0 Å². The van der Waals surface area contributed by atoms with Crippen molar-refractivity contribution in [3.63, 3.8) is 0 Å². The maximum atomic E-state index is 12.6. The van der Waals surface area contributed by atoms with E-state index in [-0.39, 0.29) is 5.91 Å². The van der Waals surface area contributed by atoms with E-state index in [1.54, 1.807) is 41.1 Å². The largest absolute Gasteiger partial charge is 0.304 e. The van der Waals surface area contributed by atoms with E-state index in [2.05, 4.69) is 20.6 Å². The first kappa shape index (κ1) is 20.5. The Morgan fingerprint density at radius 2 is 1.77 bits per heavy atom. The molecule has 4 rings (SSSR count). The Balaban J connectivity index is 1.48. The van der Waals surface area contributed by atoms with E-state index in [4.69, 9.17) is 34.8 Å². The summed E-state index contributed by atoms with van der Waals surface area (Å²) < 4.78 is 1.76. The maximum Gasteiger partial charge on any atom is 0.274 e. The van der Waals surface area contributed by atoms with Crippen LogP contribution >= 0.6 is 34.8 Å². The minimum atomic E-state index is -0.336. The van der Waals surface area contributed by atoms with Crippen LogP contribution in [-0.2, 0) is 6.54 Å². The lowest BCUT2D eigenvalue weighted by atomic mass is 10.1. The van der Waals surface area contributed by atoms with Crippen LogP contribution in [0, 0.1) is 6.92 Å². The molecule has 9 heteroatoms. The number of nitrogens with zero attached hydrogens (tertiary/aromatic N) is 3. The molecular formula is C21H16Cl3N5O. The monoisotopic (exact) mass is 459 g/mol. The lowest BCUT2D eigenvalue weighted by molar-refractivity contribution is 0.102. The van der Waals surface area contributed by atoms with E-state index in [0.29, 0.717) is 38.8 Å². The number of nitrogens with one attached hydrogen (secondary N) is 2. The number of hydrogen-bond donors (Lipinski definition) is 2. The molecule has 0 unspecified atom stereocenters. The Labute approximate surface area is 187 Å². The van der Waals surface area contributed by atoms with Gasteiger partial charge in [-0.05, 0) is 42.8 Å². The van der Waals surface area contributed by atoms with Gasteiger partial charge in [-0.15, -0.1) is 0 Å². The van der Waals surface area contributed by atoms with Crippen LogP contribution in [0.15, 0.2) is 54.6 Å². The molecule has 0 radical (unpaired) electrons. The van der Waals surface area contributed by atoms with Crippen LogP contribution < -0.4 is 5.32 Å². The van der Waals surface area contributed by atoms with E-state index < -0.39 is 0 Å². The van der Waals surface area contributed by atoms with E-state index in [1.165, 1.54) is 0 Å². The number of amides is 1. The van der Waals surface area contributed by atoms with Crippen LogP contribution in [0.3, 0.4) is 0 Å². The summed E-state index contributed by atoms with van der Waals surface area (Å²) >= 11 is 18.1. The first-order valence-corrected chi connectivity index (χ1v) is 10.1. The molecule has 2 aromatic heterocycles. The predicted octanol–water partition coefficient (Wildman–Crippen LogP) is 5.84. The van der Waals surface area contributed by atoms with Crippen molar-refractivity contribution in [3.05, 3.63) is 86.6 Å². The minimum Gasteiger partial charge on any atom is -0.304 e. The number of carbonyl (C=O) groups excluding carboxylic acids is 1. The van der Waals surface area contributed by atoms with E-state index in [1.807, 2.05) is 25.1 Å². The molecule has 1 amide bonds. The zero-order valence-corrected chi connectivity index (χ0v) is 18.1. The van der Waals surface area contributed by atoms with Gasteiger partial charge >= 0.3 is 0 Å². The Bertz CT molecular complexity index is 1210. The van der Waals surface area contributed by atoms with Crippen molar-refractivity contribution in [1.29, 1.82) is 0 Å². The highest BCUT2D eigenvalue weighted by atomic mass is 35.5. The van der Waals surface area contributed by atoms with Gasteiger partial charge in [-0.1, -0.05) is 53.0 Å². The van der Waals surface area contributed by atoms with E-state index in [9.17, 15) is 4.79 Å². The normalized spacial score (nSPS) is 10.9. The SMILES string of the molecule is Cc1cc(NC(=O)c2cc(-c3ccc(Cl)cc3)n[nH]2)nn1Cc1ccc(Cl)cc1Cl. The van der Waals surface area contributed by atoms with Gasteiger partial charge in [0.25, 0.3) is 5.91 Å². The molecule has 0 aliphatic rings. The number of aromatic amines is 1. The Morgan fingerprint density at radius 3 is 2.50 bits per heavy atom. The van der Waals surface area contributed by atoms with Gasteiger partial charge in [0.1, 0.15) is 5.69 Å². The van der Waals surface area contributed by atoms with Crippen molar-refractivity contribution in [2.24, 2.45) is 0 Å². The summed E-state index contributed by atoms with van der Waals surface area (Å²) in [6, 6.07) is 16.0. The van der Waals surface area contributed by atoms with Crippen LogP contribution in [0.5, 0.6) is 0 Å². The molecule has 0 spiro atoms. The average molecular weight is 461 g/mol. The van der Waals surface area contributed by atoms with Crippen molar-refractivity contribution in [3.8, 4) is 11.3 Å². The summed E-state index contributed by atoms with van der Waals surface area (Å²) in [4.78, 5) is 12.6. The van der Waals surface area contributed by atoms with Crippen LogP contribution in [-0.4, -0.2) is 25.9 Å². The summed E-state index contributed by atoms with van der Waals surface area (Å²) in [5.41, 5.74) is 3.59. The van der Waals surface area contributed by atoms with Crippen molar-refractivity contribution in [2.45, 2.75) is 13.5 Å². The maximum absolute atomic E-state index is 12.6. The fourth-order valence-electron chi connectivity index (χ4n) is 2.93. The van der Waals surface area contributed by atoms with Gasteiger partial charge in [0.05, 0.1) is 12.2 Å². The van der Waals surface area contributed by atoms with Crippen molar-refractivity contribution >= 4 is 46.5 Å². The number of carbonyl (C=O) groups is 1. The van der Waals surface area contributed by atoms with Gasteiger partial charge < -0.3 is 5.32 Å². The number of aromatic nitrogens is 4. The number of aryl methyl sites for hydroxylation is 1. The Hall–Kier alpha value is -2.80. The number of benzene rings is 2. The first-order valence-electron chi connectivity index (χ1n) is 9.00. The molecule has 2 heterocycles. The second kappa shape index (κ2) is 8.52. The summed E-state index contributed by atoms with van der Waals surface area (Å²) in [5.74, 6) is 0.0992. The zero-order chi connectivity index (χ0) is 21.3. The standard InChI is InChI=1S/C21H16Cl3N5O/c1-12-8-20(28-29(12)11-14-4-7-16(23)9-17(14)24)25-21(30)19-10-18(26-27-19)13-2-5-15(22)6-3-13/h2-10H,11H2,1H3,(H,26,27)(H,25,28,30). The van der Waals surface area contributed by atoms with Gasteiger partial charge in [-0.25, -0.2) is 0 Å². The predicted molar refractivity (Wildman–Crippen MR) is 120 cm³/mol.